The van der Waals surface area contributed by atoms with Crippen molar-refractivity contribution in [2.24, 2.45) is 13.0 Å². The Morgan fingerprint density at radius 1 is 1.38 bits per heavy atom. The van der Waals surface area contributed by atoms with Gasteiger partial charge in [0.1, 0.15) is 0 Å². The summed E-state index contributed by atoms with van der Waals surface area (Å²) in [5.74, 6) is 0.163. The molecule has 0 saturated carbocycles. The van der Waals surface area contributed by atoms with E-state index in [0.29, 0.717) is 23.7 Å². The quantitative estimate of drug-likeness (QED) is 0.671. The second kappa shape index (κ2) is 6.54. The predicted octanol–water partition coefficient (Wildman–Crippen LogP) is -0.526. The van der Waals surface area contributed by atoms with Crippen molar-refractivity contribution in [3.05, 3.63) is 46.5 Å². The highest BCUT2D eigenvalue weighted by atomic mass is 16.1. The number of fused-ring (bicyclic) bond motifs is 1. The molecule has 3 aromatic rings. The Bertz CT molecular complexity index is 1010. The van der Waals surface area contributed by atoms with Gasteiger partial charge in [0, 0.05) is 38.9 Å². The van der Waals surface area contributed by atoms with Gasteiger partial charge in [-0.1, -0.05) is 0 Å². The van der Waals surface area contributed by atoms with Crippen LogP contribution in [0.1, 0.15) is 16.8 Å². The molecule has 0 radical (unpaired) electrons. The van der Waals surface area contributed by atoms with Crippen LogP contribution in [-0.4, -0.2) is 55.4 Å². The van der Waals surface area contributed by atoms with E-state index in [1.807, 2.05) is 0 Å². The van der Waals surface area contributed by atoms with Crippen LogP contribution in [-0.2, 0) is 7.05 Å². The maximum atomic E-state index is 12.3. The normalized spacial score (nSPS) is 17.0. The molecule has 1 aliphatic heterocycles. The third kappa shape index (κ3) is 3.13. The standard InChI is InChI=1S/C16H18N8O2/c1-22-15(25)6-13(8-18-22)23-5-4-11(9-23)7-17-16(26)12-2-3-14-19-20-21-24(14)10-12/h2-3,6,8,10-11H,4-5,7,9H2,1H3,(H,17,26)/t11-/m0/s1. The molecule has 0 aromatic carbocycles. The summed E-state index contributed by atoms with van der Waals surface area (Å²) in [5.41, 5.74) is 1.80. The molecule has 1 N–H and O–H groups in total. The highest BCUT2D eigenvalue weighted by Crippen LogP contribution is 2.21. The van der Waals surface area contributed by atoms with E-state index >= 15 is 0 Å². The number of tetrazole rings is 1. The van der Waals surface area contributed by atoms with Crippen LogP contribution >= 0.6 is 0 Å². The Balaban J connectivity index is 1.35. The van der Waals surface area contributed by atoms with E-state index in [0.717, 1.165) is 25.2 Å². The summed E-state index contributed by atoms with van der Waals surface area (Å²) < 4.78 is 2.77. The average molecular weight is 354 g/mol. The summed E-state index contributed by atoms with van der Waals surface area (Å²) in [6.07, 6.45) is 4.25. The number of hydrogen-bond acceptors (Lipinski definition) is 7. The number of carbonyl (C=O) groups is 1. The number of aryl methyl sites for hydroxylation is 1. The zero-order valence-electron chi connectivity index (χ0n) is 14.2. The third-order valence-electron chi connectivity index (χ3n) is 4.61. The van der Waals surface area contributed by atoms with Gasteiger partial charge >= 0.3 is 0 Å². The fraction of sp³-hybridized carbons (Fsp3) is 0.375. The SMILES string of the molecule is Cn1ncc(N2CC[C@@H](CNC(=O)c3ccc4nnnn4c3)C2)cc1=O. The molecule has 26 heavy (non-hydrogen) atoms. The minimum absolute atomic E-state index is 0.128. The largest absolute Gasteiger partial charge is 0.370 e. The van der Waals surface area contributed by atoms with Crippen molar-refractivity contribution in [2.75, 3.05) is 24.5 Å². The molecule has 134 valence electrons. The summed E-state index contributed by atoms with van der Waals surface area (Å²) in [5, 5.41) is 18.2. The topological polar surface area (TPSA) is 110 Å². The smallest absolute Gasteiger partial charge is 0.268 e. The number of pyridine rings is 1. The van der Waals surface area contributed by atoms with Crippen molar-refractivity contribution in [3.63, 3.8) is 0 Å². The maximum Gasteiger partial charge on any atom is 0.268 e. The van der Waals surface area contributed by atoms with Gasteiger partial charge in [-0.15, -0.1) is 5.10 Å². The number of rotatable bonds is 4. The molecule has 0 unspecified atom stereocenters. The lowest BCUT2D eigenvalue weighted by molar-refractivity contribution is 0.0947. The first kappa shape index (κ1) is 16.2. The van der Waals surface area contributed by atoms with Gasteiger partial charge in [0.2, 0.25) is 0 Å². The maximum absolute atomic E-state index is 12.3. The third-order valence-corrected chi connectivity index (χ3v) is 4.61. The Morgan fingerprint density at radius 2 is 2.27 bits per heavy atom. The number of amides is 1. The predicted molar refractivity (Wildman–Crippen MR) is 92.9 cm³/mol. The minimum atomic E-state index is -0.156. The fourth-order valence-electron chi connectivity index (χ4n) is 3.08. The molecule has 4 heterocycles. The number of nitrogens with zero attached hydrogens (tertiary/aromatic N) is 7. The van der Waals surface area contributed by atoms with Gasteiger partial charge in [0.15, 0.2) is 5.65 Å². The molecule has 1 fully saturated rings. The second-order valence-corrected chi connectivity index (χ2v) is 6.39. The number of hydrogen-bond donors (Lipinski definition) is 1. The van der Waals surface area contributed by atoms with Crippen LogP contribution in [0.3, 0.4) is 0 Å². The van der Waals surface area contributed by atoms with E-state index in [-0.39, 0.29) is 11.5 Å². The van der Waals surface area contributed by atoms with Crippen LogP contribution in [0.15, 0.2) is 35.4 Å². The Hall–Kier alpha value is -3.30. The fourth-order valence-corrected chi connectivity index (χ4v) is 3.08. The van der Waals surface area contributed by atoms with Gasteiger partial charge in [0.05, 0.1) is 17.4 Å². The lowest BCUT2D eigenvalue weighted by Gasteiger charge is -2.18. The van der Waals surface area contributed by atoms with Crippen molar-refractivity contribution in [3.8, 4) is 0 Å². The second-order valence-electron chi connectivity index (χ2n) is 6.39. The molecule has 0 aliphatic carbocycles. The molecule has 1 atom stereocenters. The summed E-state index contributed by atoms with van der Waals surface area (Å²) in [6.45, 7) is 2.19. The van der Waals surface area contributed by atoms with Crippen LogP contribution < -0.4 is 15.8 Å². The van der Waals surface area contributed by atoms with Crippen molar-refractivity contribution >= 4 is 17.2 Å². The Labute approximate surface area is 148 Å². The van der Waals surface area contributed by atoms with Gasteiger partial charge < -0.3 is 10.2 Å². The first-order valence-corrected chi connectivity index (χ1v) is 8.34. The van der Waals surface area contributed by atoms with E-state index in [4.69, 9.17) is 0 Å². The lowest BCUT2D eigenvalue weighted by Crippen LogP contribution is -2.31. The highest BCUT2D eigenvalue weighted by molar-refractivity contribution is 5.94. The van der Waals surface area contributed by atoms with E-state index in [9.17, 15) is 9.59 Å². The minimum Gasteiger partial charge on any atom is -0.370 e. The van der Waals surface area contributed by atoms with Gasteiger partial charge in [-0.25, -0.2) is 4.68 Å². The number of anilines is 1. The van der Waals surface area contributed by atoms with Crippen molar-refractivity contribution in [1.29, 1.82) is 0 Å². The Kier molecular flexibility index (Phi) is 4.07. The van der Waals surface area contributed by atoms with Crippen molar-refractivity contribution < 1.29 is 4.79 Å². The molecular weight excluding hydrogens is 336 g/mol. The van der Waals surface area contributed by atoms with E-state index in [1.165, 1.54) is 9.20 Å². The average Bonchev–Trinajstić information content (AvgIpc) is 3.30. The Morgan fingerprint density at radius 3 is 3.12 bits per heavy atom. The molecule has 1 amide bonds. The molecule has 3 aromatic heterocycles. The first-order valence-electron chi connectivity index (χ1n) is 8.34. The zero-order chi connectivity index (χ0) is 18.1. The molecular formula is C16H18N8O2. The van der Waals surface area contributed by atoms with Gasteiger partial charge in [0.25, 0.3) is 11.5 Å². The zero-order valence-corrected chi connectivity index (χ0v) is 14.2. The van der Waals surface area contributed by atoms with Crippen molar-refractivity contribution in [2.45, 2.75) is 6.42 Å². The summed E-state index contributed by atoms with van der Waals surface area (Å²) >= 11 is 0. The molecule has 1 aliphatic rings. The lowest BCUT2D eigenvalue weighted by atomic mass is 10.1. The molecule has 1 saturated heterocycles. The molecule has 10 heteroatoms. The van der Waals surface area contributed by atoms with Crippen LogP contribution in [0.2, 0.25) is 0 Å². The van der Waals surface area contributed by atoms with Crippen LogP contribution in [0.5, 0.6) is 0 Å². The van der Waals surface area contributed by atoms with Crippen LogP contribution in [0, 0.1) is 5.92 Å². The monoisotopic (exact) mass is 354 g/mol. The van der Waals surface area contributed by atoms with Crippen LogP contribution in [0.4, 0.5) is 5.69 Å². The van der Waals surface area contributed by atoms with Crippen molar-refractivity contribution in [1.82, 2.24) is 35.1 Å². The molecule has 0 spiro atoms. The first-order chi connectivity index (χ1) is 12.6. The number of carbonyl (C=O) groups excluding carboxylic acids is 1. The highest BCUT2D eigenvalue weighted by Gasteiger charge is 2.24. The van der Waals surface area contributed by atoms with Crippen LogP contribution in [0.25, 0.3) is 5.65 Å². The molecule has 4 rings (SSSR count). The van der Waals surface area contributed by atoms with E-state index in [1.54, 1.807) is 37.6 Å². The summed E-state index contributed by atoms with van der Waals surface area (Å²) in [7, 11) is 1.63. The van der Waals surface area contributed by atoms with Gasteiger partial charge in [-0.3, -0.25) is 9.59 Å². The summed E-state index contributed by atoms with van der Waals surface area (Å²) in [4.78, 5) is 26.2. The van der Waals surface area contributed by atoms with Gasteiger partial charge in [-0.2, -0.15) is 9.61 Å². The summed E-state index contributed by atoms with van der Waals surface area (Å²) in [6, 6.07) is 5.00. The number of nitrogens with one attached hydrogen (secondary N) is 1. The van der Waals surface area contributed by atoms with E-state index in [2.05, 4.69) is 30.8 Å². The van der Waals surface area contributed by atoms with E-state index < -0.39 is 0 Å². The molecule has 0 bridgehead atoms. The number of aromatic nitrogens is 6. The molecule has 10 nitrogen and oxygen atoms in total. The van der Waals surface area contributed by atoms with Gasteiger partial charge in [-0.05, 0) is 34.9 Å².